The molecule has 3 rings (SSSR count). The number of para-hydroxylation sites is 1. The van der Waals surface area contributed by atoms with Gasteiger partial charge in [0.25, 0.3) is 5.91 Å². The summed E-state index contributed by atoms with van der Waals surface area (Å²) in [5.74, 6) is 0.327. The van der Waals surface area contributed by atoms with E-state index >= 15 is 0 Å². The first kappa shape index (κ1) is 21.3. The fourth-order valence-electron chi connectivity index (χ4n) is 2.77. The zero-order valence-corrected chi connectivity index (χ0v) is 19.2. The Bertz CT molecular complexity index is 1050. The minimum Gasteiger partial charge on any atom is -0.482 e. The van der Waals surface area contributed by atoms with Crippen LogP contribution in [0.4, 0.5) is 11.4 Å². The Kier molecular flexibility index (Phi) is 7.23. The van der Waals surface area contributed by atoms with Crippen LogP contribution in [0.25, 0.3) is 0 Å². The molecule has 3 aromatic rings. The van der Waals surface area contributed by atoms with Crippen molar-refractivity contribution < 1.29 is 9.53 Å². The maximum absolute atomic E-state index is 12.2. The van der Waals surface area contributed by atoms with Crippen molar-refractivity contribution in [2.75, 3.05) is 11.9 Å². The van der Waals surface area contributed by atoms with E-state index in [4.69, 9.17) is 4.74 Å². The summed E-state index contributed by atoms with van der Waals surface area (Å²) in [7, 11) is 0. The normalized spacial score (nSPS) is 10.9. The average molecular weight is 516 g/mol. The molecule has 0 aliphatic rings. The molecule has 0 unspecified atom stereocenters. The molecule has 4 nitrogen and oxygen atoms in total. The molecule has 1 N–H and O–H groups in total. The number of hydrogen-bond acceptors (Lipinski definition) is 3. The molecule has 0 heterocycles. The van der Waals surface area contributed by atoms with E-state index in [-0.39, 0.29) is 12.5 Å². The molecule has 29 heavy (non-hydrogen) atoms. The SMILES string of the molecule is Cc1ccc(N=Cc2cc(Br)cc(Br)c2OCC(=O)Nc2ccccc2)c(C)c1. The highest BCUT2D eigenvalue weighted by Crippen LogP contribution is 2.32. The van der Waals surface area contributed by atoms with Crippen molar-refractivity contribution in [1.29, 1.82) is 0 Å². The second-order valence-electron chi connectivity index (χ2n) is 6.56. The summed E-state index contributed by atoms with van der Waals surface area (Å²) in [4.78, 5) is 16.8. The number of amides is 1. The average Bonchev–Trinajstić information content (AvgIpc) is 2.67. The third kappa shape index (κ3) is 6.02. The van der Waals surface area contributed by atoms with Crippen LogP contribution in [0, 0.1) is 13.8 Å². The fourth-order valence-corrected chi connectivity index (χ4v) is 4.15. The topological polar surface area (TPSA) is 50.7 Å². The summed E-state index contributed by atoms with van der Waals surface area (Å²) in [6.07, 6.45) is 1.75. The molecule has 3 aromatic carbocycles. The number of nitrogens with one attached hydrogen (secondary N) is 1. The molecule has 0 radical (unpaired) electrons. The van der Waals surface area contributed by atoms with Crippen LogP contribution in [0.2, 0.25) is 0 Å². The number of aryl methyl sites for hydroxylation is 2. The number of halogens is 2. The molecule has 0 atom stereocenters. The fraction of sp³-hybridized carbons (Fsp3) is 0.130. The molecular weight excluding hydrogens is 496 g/mol. The number of carbonyl (C=O) groups excluding carboxylic acids is 1. The van der Waals surface area contributed by atoms with Gasteiger partial charge in [-0.15, -0.1) is 0 Å². The largest absolute Gasteiger partial charge is 0.482 e. The van der Waals surface area contributed by atoms with E-state index in [0.717, 1.165) is 31.4 Å². The molecule has 0 bridgehead atoms. The van der Waals surface area contributed by atoms with E-state index in [2.05, 4.69) is 55.2 Å². The first-order valence-electron chi connectivity index (χ1n) is 9.00. The molecule has 0 aliphatic carbocycles. The van der Waals surface area contributed by atoms with Crippen LogP contribution in [0.3, 0.4) is 0 Å². The molecule has 6 heteroatoms. The quantitative estimate of drug-likeness (QED) is 0.376. The highest BCUT2D eigenvalue weighted by Gasteiger charge is 2.12. The van der Waals surface area contributed by atoms with Gasteiger partial charge in [0, 0.05) is 21.9 Å². The lowest BCUT2D eigenvalue weighted by molar-refractivity contribution is -0.118. The Morgan fingerprint density at radius 1 is 1.07 bits per heavy atom. The van der Waals surface area contributed by atoms with Crippen molar-refractivity contribution in [3.63, 3.8) is 0 Å². The minimum atomic E-state index is -0.233. The third-order valence-corrected chi connectivity index (χ3v) is 5.18. The van der Waals surface area contributed by atoms with E-state index < -0.39 is 0 Å². The summed E-state index contributed by atoms with van der Waals surface area (Å²) >= 11 is 7.01. The van der Waals surface area contributed by atoms with Crippen LogP contribution in [0.15, 0.2) is 74.6 Å². The zero-order valence-electron chi connectivity index (χ0n) is 16.1. The number of aliphatic imine (C=N–C) groups is 1. The predicted octanol–water partition coefficient (Wildman–Crippen LogP) is 6.60. The lowest BCUT2D eigenvalue weighted by Gasteiger charge is -2.12. The number of benzene rings is 3. The highest BCUT2D eigenvalue weighted by atomic mass is 79.9. The van der Waals surface area contributed by atoms with E-state index in [1.165, 1.54) is 5.56 Å². The second kappa shape index (κ2) is 9.85. The van der Waals surface area contributed by atoms with Crippen molar-refractivity contribution in [2.24, 2.45) is 4.99 Å². The first-order valence-corrected chi connectivity index (χ1v) is 10.6. The van der Waals surface area contributed by atoms with Crippen molar-refractivity contribution >= 4 is 55.4 Å². The Morgan fingerprint density at radius 2 is 1.83 bits per heavy atom. The van der Waals surface area contributed by atoms with Gasteiger partial charge in [0.15, 0.2) is 6.61 Å². The van der Waals surface area contributed by atoms with Crippen molar-refractivity contribution in [2.45, 2.75) is 13.8 Å². The minimum absolute atomic E-state index is 0.112. The van der Waals surface area contributed by atoms with Gasteiger partial charge in [-0.1, -0.05) is 51.8 Å². The molecular formula is C23H20Br2N2O2. The van der Waals surface area contributed by atoms with Gasteiger partial charge >= 0.3 is 0 Å². The molecule has 0 saturated heterocycles. The van der Waals surface area contributed by atoms with Crippen LogP contribution in [-0.4, -0.2) is 18.7 Å². The molecule has 0 aromatic heterocycles. The van der Waals surface area contributed by atoms with Crippen molar-refractivity contribution in [3.8, 4) is 5.75 Å². The number of anilines is 1. The summed E-state index contributed by atoms with van der Waals surface area (Å²) in [5.41, 5.74) is 4.67. The molecule has 0 aliphatic heterocycles. The van der Waals surface area contributed by atoms with Gasteiger partial charge in [-0.3, -0.25) is 9.79 Å². The van der Waals surface area contributed by atoms with Gasteiger partial charge in [0.05, 0.1) is 10.2 Å². The van der Waals surface area contributed by atoms with E-state index in [0.29, 0.717) is 5.75 Å². The second-order valence-corrected chi connectivity index (χ2v) is 8.33. The molecule has 0 saturated carbocycles. The van der Waals surface area contributed by atoms with Crippen LogP contribution in [0.5, 0.6) is 5.75 Å². The number of hydrogen-bond donors (Lipinski definition) is 1. The van der Waals surface area contributed by atoms with Gasteiger partial charge in [-0.25, -0.2) is 0 Å². The van der Waals surface area contributed by atoms with Gasteiger partial charge < -0.3 is 10.1 Å². The van der Waals surface area contributed by atoms with Gasteiger partial charge in [-0.2, -0.15) is 0 Å². The Balaban J connectivity index is 1.78. The van der Waals surface area contributed by atoms with E-state index in [9.17, 15) is 4.79 Å². The number of carbonyl (C=O) groups is 1. The predicted molar refractivity (Wildman–Crippen MR) is 126 cm³/mol. The summed E-state index contributed by atoms with van der Waals surface area (Å²) < 4.78 is 7.44. The maximum Gasteiger partial charge on any atom is 0.262 e. The lowest BCUT2D eigenvalue weighted by atomic mass is 10.1. The van der Waals surface area contributed by atoms with Crippen molar-refractivity contribution in [3.05, 3.63) is 86.3 Å². The van der Waals surface area contributed by atoms with Crippen LogP contribution in [-0.2, 0) is 4.79 Å². The number of nitrogens with zero attached hydrogens (tertiary/aromatic N) is 1. The highest BCUT2D eigenvalue weighted by molar-refractivity contribution is 9.11. The Hall–Kier alpha value is -2.44. The van der Waals surface area contributed by atoms with E-state index in [1.54, 1.807) is 6.21 Å². The third-order valence-electron chi connectivity index (χ3n) is 4.14. The summed E-state index contributed by atoms with van der Waals surface area (Å²) in [6, 6.07) is 19.2. The molecule has 0 spiro atoms. The van der Waals surface area contributed by atoms with Crippen LogP contribution < -0.4 is 10.1 Å². The smallest absolute Gasteiger partial charge is 0.262 e. The van der Waals surface area contributed by atoms with Crippen LogP contribution in [0.1, 0.15) is 16.7 Å². The Labute approximate surface area is 187 Å². The van der Waals surface area contributed by atoms with E-state index in [1.807, 2.05) is 61.5 Å². The van der Waals surface area contributed by atoms with Gasteiger partial charge in [0.1, 0.15) is 5.75 Å². The number of rotatable bonds is 6. The lowest BCUT2D eigenvalue weighted by Crippen LogP contribution is -2.20. The van der Waals surface area contributed by atoms with Crippen molar-refractivity contribution in [1.82, 2.24) is 0 Å². The summed E-state index contributed by atoms with van der Waals surface area (Å²) in [5, 5.41) is 2.81. The van der Waals surface area contributed by atoms with Gasteiger partial charge in [0.2, 0.25) is 0 Å². The monoisotopic (exact) mass is 514 g/mol. The zero-order chi connectivity index (χ0) is 20.8. The standard InChI is InChI=1S/C23H20Br2N2O2/c1-15-8-9-21(16(2)10-15)26-13-17-11-18(24)12-20(25)23(17)29-14-22(28)27-19-6-4-3-5-7-19/h3-13H,14H2,1-2H3,(H,27,28). The summed E-state index contributed by atoms with van der Waals surface area (Å²) in [6.45, 7) is 3.97. The molecule has 148 valence electrons. The first-order chi connectivity index (χ1) is 13.9. The van der Waals surface area contributed by atoms with Gasteiger partial charge in [-0.05, 0) is 65.7 Å². The molecule has 1 amide bonds. The molecule has 0 fully saturated rings. The Morgan fingerprint density at radius 3 is 2.55 bits per heavy atom. The van der Waals surface area contributed by atoms with Crippen LogP contribution >= 0.6 is 31.9 Å². The number of ether oxygens (including phenoxy) is 1. The maximum atomic E-state index is 12.2.